The Morgan fingerprint density at radius 2 is 1.97 bits per heavy atom. The van der Waals surface area contributed by atoms with Crippen LogP contribution in [0.3, 0.4) is 0 Å². The number of hydrogen-bond donors (Lipinski definition) is 2. The lowest BCUT2D eigenvalue weighted by Gasteiger charge is -2.31. The number of aromatic nitrogens is 5. The van der Waals surface area contributed by atoms with Crippen molar-refractivity contribution < 1.29 is 4.39 Å². The Kier molecular flexibility index (Phi) is 5.05. The summed E-state index contributed by atoms with van der Waals surface area (Å²) in [5.74, 6) is -0.101. The van der Waals surface area contributed by atoms with Gasteiger partial charge in [-0.05, 0) is 44.0 Å². The molecular formula is C23H20FN9O. The third-order valence-corrected chi connectivity index (χ3v) is 6.03. The molecule has 5 rings (SSSR count). The lowest BCUT2D eigenvalue weighted by Crippen LogP contribution is -2.36. The van der Waals surface area contributed by atoms with E-state index in [1.165, 1.54) is 22.9 Å². The van der Waals surface area contributed by atoms with Gasteiger partial charge in [-0.3, -0.25) is 14.3 Å². The molecule has 4 heterocycles. The highest BCUT2D eigenvalue weighted by Crippen LogP contribution is 2.41. The number of halogens is 1. The first-order chi connectivity index (χ1) is 16.4. The fraction of sp³-hybridized carbons (Fsp3) is 0.217. The summed E-state index contributed by atoms with van der Waals surface area (Å²) in [6.45, 7) is 1.98. The average Bonchev–Trinajstić information content (AvgIpc) is 3.20. The highest BCUT2D eigenvalue weighted by molar-refractivity contribution is 5.79. The van der Waals surface area contributed by atoms with Crippen molar-refractivity contribution in [2.45, 2.75) is 31.8 Å². The van der Waals surface area contributed by atoms with Gasteiger partial charge >= 0.3 is 0 Å². The molecule has 0 unspecified atom stereocenters. The molecule has 2 atom stereocenters. The standard InChI is InChI=1S/C23H20FN9O/c1-12-7-8-17(32(12)20-14(10-25)19(26)30-23(27)31-20)21-29-16-6-2-5-15(24)18(16)22(34)33(21)13-4-3-9-28-11-13/h2-6,9,11-12,17H,7-8H2,1H3,(H4,26,27,30,31)/t12-,17-/m0/s1. The number of nitriles is 1. The summed E-state index contributed by atoms with van der Waals surface area (Å²) in [6, 6.07) is 9.24. The molecule has 0 spiro atoms. The van der Waals surface area contributed by atoms with Crippen molar-refractivity contribution in [1.82, 2.24) is 24.5 Å². The Balaban J connectivity index is 1.81. The van der Waals surface area contributed by atoms with E-state index in [4.69, 9.17) is 16.5 Å². The molecule has 1 saturated heterocycles. The topological polar surface area (TPSA) is 153 Å². The normalized spacial score (nSPS) is 17.7. The van der Waals surface area contributed by atoms with Crippen LogP contribution in [0, 0.1) is 17.1 Å². The first-order valence-electron chi connectivity index (χ1n) is 10.6. The smallest absolute Gasteiger partial charge is 0.269 e. The summed E-state index contributed by atoms with van der Waals surface area (Å²) in [5, 5.41) is 9.63. The van der Waals surface area contributed by atoms with Crippen LogP contribution in [0.15, 0.2) is 47.5 Å². The maximum absolute atomic E-state index is 14.7. The van der Waals surface area contributed by atoms with Crippen LogP contribution in [0.4, 0.5) is 22.0 Å². The molecular weight excluding hydrogens is 437 g/mol. The predicted molar refractivity (Wildman–Crippen MR) is 125 cm³/mol. The maximum Gasteiger partial charge on any atom is 0.269 e. The van der Waals surface area contributed by atoms with Gasteiger partial charge in [-0.25, -0.2) is 9.37 Å². The second-order valence-electron chi connectivity index (χ2n) is 8.08. The minimum absolute atomic E-state index is 0.0268. The van der Waals surface area contributed by atoms with Crippen molar-refractivity contribution in [3.8, 4) is 11.8 Å². The Hall–Kier alpha value is -4.59. The van der Waals surface area contributed by atoms with Crippen molar-refractivity contribution in [2.75, 3.05) is 16.4 Å². The van der Waals surface area contributed by atoms with E-state index in [0.717, 1.165) is 6.42 Å². The van der Waals surface area contributed by atoms with Crippen LogP contribution in [0.1, 0.15) is 37.2 Å². The Labute approximate surface area is 193 Å². The number of hydrogen-bond acceptors (Lipinski definition) is 9. The first-order valence-corrected chi connectivity index (χ1v) is 10.6. The molecule has 0 bridgehead atoms. The fourth-order valence-electron chi connectivity index (χ4n) is 4.54. The number of benzene rings is 1. The third-order valence-electron chi connectivity index (χ3n) is 6.03. The molecule has 11 heteroatoms. The highest BCUT2D eigenvalue weighted by atomic mass is 19.1. The van der Waals surface area contributed by atoms with E-state index in [-0.39, 0.29) is 40.1 Å². The molecule has 34 heavy (non-hydrogen) atoms. The second-order valence-corrected chi connectivity index (χ2v) is 8.08. The minimum atomic E-state index is -0.654. The van der Waals surface area contributed by atoms with Crippen molar-refractivity contribution in [3.63, 3.8) is 0 Å². The van der Waals surface area contributed by atoms with Gasteiger partial charge in [0.25, 0.3) is 5.56 Å². The molecule has 0 saturated carbocycles. The summed E-state index contributed by atoms with van der Waals surface area (Å²) in [4.78, 5) is 32.6. The van der Waals surface area contributed by atoms with Gasteiger partial charge in [0.05, 0.1) is 23.4 Å². The molecule has 0 aliphatic carbocycles. The van der Waals surface area contributed by atoms with Gasteiger partial charge in [-0.1, -0.05) is 6.07 Å². The quantitative estimate of drug-likeness (QED) is 0.472. The summed E-state index contributed by atoms with van der Waals surface area (Å²) in [5.41, 5.74) is 12.1. The van der Waals surface area contributed by atoms with E-state index in [1.807, 2.05) is 11.8 Å². The maximum atomic E-state index is 14.7. The fourth-order valence-corrected chi connectivity index (χ4v) is 4.54. The van der Waals surface area contributed by atoms with Crippen LogP contribution in [0.5, 0.6) is 0 Å². The van der Waals surface area contributed by atoms with Crippen molar-refractivity contribution in [1.29, 1.82) is 5.26 Å². The number of pyridine rings is 1. The highest BCUT2D eigenvalue weighted by Gasteiger charge is 2.38. The summed E-state index contributed by atoms with van der Waals surface area (Å²) >= 11 is 0. The van der Waals surface area contributed by atoms with Gasteiger partial charge in [0.1, 0.15) is 34.5 Å². The van der Waals surface area contributed by atoms with Gasteiger partial charge in [0.15, 0.2) is 5.82 Å². The second kappa shape index (κ2) is 8.08. The number of fused-ring (bicyclic) bond motifs is 1. The van der Waals surface area contributed by atoms with E-state index in [1.54, 1.807) is 24.4 Å². The Morgan fingerprint density at radius 1 is 1.15 bits per heavy atom. The zero-order valence-electron chi connectivity index (χ0n) is 18.2. The monoisotopic (exact) mass is 457 g/mol. The molecule has 170 valence electrons. The third kappa shape index (κ3) is 3.27. The van der Waals surface area contributed by atoms with Crippen molar-refractivity contribution >= 4 is 28.5 Å². The largest absolute Gasteiger partial charge is 0.382 e. The SMILES string of the molecule is C[C@H]1CC[C@@H](c2nc3cccc(F)c3c(=O)n2-c2cccnc2)N1c1nc(N)nc(N)c1C#N. The molecule has 3 aromatic heterocycles. The number of anilines is 3. The van der Waals surface area contributed by atoms with Crippen molar-refractivity contribution in [3.05, 3.63) is 70.3 Å². The lowest BCUT2D eigenvalue weighted by atomic mass is 10.1. The minimum Gasteiger partial charge on any atom is -0.382 e. The number of nitrogens with two attached hydrogens (primary N) is 2. The summed E-state index contributed by atoms with van der Waals surface area (Å²) in [7, 11) is 0. The Morgan fingerprint density at radius 3 is 2.71 bits per heavy atom. The van der Waals surface area contributed by atoms with Gasteiger partial charge in [0.2, 0.25) is 5.95 Å². The van der Waals surface area contributed by atoms with Crippen LogP contribution >= 0.6 is 0 Å². The molecule has 10 nitrogen and oxygen atoms in total. The molecule has 1 aliphatic heterocycles. The van der Waals surface area contributed by atoms with Crippen LogP contribution in [-0.4, -0.2) is 30.5 Å². The van der Waals surface area contributed by atoms with Gasteiger partial charge in [0, 0.05) is 12.2 Å². The number of nitrogens with zero attached hydrogens (tertiary/aromatic N) is 7. The average molecular weight is 457 g/mol. The molecule has 0 radical (unpaired) electrons. The molecule has 4 aromatic rings. The van der Waals surface area contributed by atoms with Crippen LogP contribution < -0.4 is 21.9 Å². The molecule has 1 aromatic carbocycles. The zero-order valence-corrected chi connectivity index (χ0v) is 18.2. The van der Waals surface area contributed by atoms with Crippen LogP contribution in [0.2, 0.25) is 0 Å². The van der Waals surface area contributed by atoms with Crippen LogP contribution in [-0.2, 0) is 0 Å². The molecule has 0 amide bonds. The van der Waals surface area contributed by atoms with Gasteiger partial charge in [-0.15, -0.1) is 0 Å². The van der Waals surface area contributed by atoms with Gasteiger partial charge < -0.3 is 16.4 Å². The van der Waals surface area contributed by atoms with Crippen LogP contribution in [0.25, 0.3) is 16.6 Å². The van der Waals surface area contributed by atoms with Crippen molar-refractivity contribution in [2.24, 2.45) is 0 Å². The molecule has 1 aliphatic rings. The molecule has 1 fully saturated rings. The number of rotatable bonds is 3. The first kappa shape index (κ1) is 21.3. The van der Waals surface area contributed by atoms with E-state index >= 15 is 0 Å². The van der Waals surface area contributed by atoms with E-state index < -0.39 is 17.4 Å². The lowest BCUT2D eigenvalue weighted by molar-refractivity contribution is 0.609. The van der Waals surface area contributed by atoms with E-state index in [9.17, 15) is 14.4 Å². The van der Waals surface area contributed by atoms with E-state index in [2.05, 4.69) is 21.0 Å². The Bertz CT molecular complexity index is 1510. The van der Waals surface area contributed by atoms with Gasteiger partial charge in [-0.2, -0.15) is 15.2 Å². The summed E-state index contributed by atoms with van der Waals surface area (Å²) in [6.07, 6.45) is 4.43. The molecule has 4 N–H and O–H groups in total. The zero-order chi connectivity index (χ0) is 24.0. The predicted octanol–water partition coefficient (Wildman–Crippen LogP) is 2.48. The number of nitrogen functional groups attached to an aromatic ring is 2. The van der Waals surface area contributed by atoms with E-state index in [0.29, 0.717) is 17.9 Å². The summed E-state index contributed by atoms with van der Waals surface area (Å²) < 4.78 is 16.1.